The molecule has 0 radical (unpaired) electrons. The van der Waals surface area contributed by atoms with Gasteiger partial charge in [0.1, 0.15) is 0 Å². The van der Waals surface area contributed by atoms with Crippen LogP contribution in [-0.4, -0.2) is 54.0 Å². The Hall–Kier alpha value is -2.77. The maximum Gasteiger partial charge on any atom is 0.335 e. The highest BCUT2D eigenvalue weighted by molar-refractivity contribution is 5.87. The molecule has 0 aliphatic heterocycles. The van der Waals surface area contributed by atoms with Crippen LogP contribution in [0.1, 0.15) is 120 Å². The number of aliphatic hydroxyl groups excluding tert-OH is 3. The first-order valence-corrected chi connectivity index (χ1v) is 19.5. The van der Waals surface area contributed by atoms with Gasteiger partial charge < -0.3 is 24.8 Å². The lowest BCUT2D eigenvalue weighted by atomic mass is 9.66. The SMILES string of the molecule is C=C(CO)C(=O)OCC(COC(O)C(=C)CO)C1CCC(C2CCC(c3ccc(-c4ccc(CCCCC)cc4CC)cc3CC)CC2)CC1. The van der Waals surface area contributed by atoms with Gasteiger partial charge >= 0.3 is 5.97 Å². The van der Waals surface area contributed by atoms with Crippen LogP contribution in [0.25, 0.3) is 11.1 Å². The number of hydrogen-bond donors (Lipinski definition) is 3. The Morgan fingerprint density at radius 2 is 1.50 bits per heavy atom. The Bertz CT molecular complexity index is 1380. The van der Waals surface area contributed by atoms with Crippen molar-refractivity contribution < 1.29 is 29.6 Å². The Morgan fingerprint density at radius 3 is 2.12 bits per heavy atom. The van der Waals surface area contributed by atoms with Crippen molar-refractivity contribution in [3.63, 3.8) is 0 Å². The number of benzene rings is 2. The molecule has 4 rings (SSSR count). The Balaban J connectivity index is 1.33. The maximum absolute atomic E-state index is 12.2. The third-order valence-corrected chi connectivity index (χ3v) is 11.7. The number of aryl methyl sites for hydroxylation is 3. The molecule has 6 nitrogen and oxygen atoms in total. The fourth-order valence-electron chi connectivity index (χ4n) is 8.50. The second-order valence-electron chi connectivity index (χ2n) is 15.0. The number of rotatable bonds is 19. The molecule has 2 fully saturated rings. The number of carbonyl (C=O) groups excluding carboxylic acids is 1. The van der Waals surface area contributed by atoms with Crippen LogP contribution in [0.2, 0.25) is 0 Å². The standard InChI is InChI=1S/C44H64O6/c1-6-9-10-11-32-12-22-42(33(7-2)24-32)39-21-23-41(34(8-3)25-39)38-19-17-36(18-20-38)35-13-15-37(16-14-35)40(28-49-43(47)30(4)26-45)29-50-44(48)31(5)27-46/h12,21-25,35-38,40,43,45-47H,4-11,13-20,26-29H2,1-3H3. The molecular formula is C44H64O6. The number of unbranched alkanes of at least 4 members (excludes halogenated alkanes) is 2. The molecule has 2 saturated carbocycles. The van der Waals surface area contributed by atoms with Gasteiger partial charge in [-0.25, -0.2) is 4.79 Å². The first kappa shape index (κ1) is 40.0. The van der Waals surface area contributed by atoms with Gasteiger partial charge in [-0.3, -0.25) is 0 Å². The van der Waals surface area contributed by atoms with Gasteiger partial charge in [0.25, 0.3) is 0 Å². The number of carbonyl (C=O) groups is 1. The average molecular weight is 689 g/mol. The predicted octanol–water partition coefficient (Wildman–Crippen LogP) is 8.88. The monoisotopic (exact) mass is 688 g/mol. The lowest BCUT2D eigenvalue weighted by Gasteiger charge is -2.40. The average Bonchev–Trinajstić information content (AvgIpc) is 3.16. The van der Waals surface area contributed by atoms with E-state index in [1.165, 1.54) is 79.2 Å². The maximum atomic E-state index is 12.2. The fourth-order valence-corrected chi connectivity index (χ4v) is 8.50. The molecule has 0 spiro atoms. The van der Waals surface area contributed by atoms with Crippen LogP contribution in [0.15, 0.2) is 60.7 Å². The molecule has 2 aliphatic carbocycles. The number of aliphatic hydroxyl groups is 3. The Kier molecular flexibility index (Phi) is 16.3. The Morgan fingerprint density at radius 1 is 0.820 bits per heavy atom. The highest BCUT2D eigenvalue weighted by atomic mass is 16.6. The first-order valence-electron chi connectivity index (χ1n) is 19.5. The molecule has 3 N–H and O–H groups in total. The smallest absolute Gasteiger partial charge is 0.335 e. The van der Waals surface area contributed by atoms with Crippen molar-refractivity contribution in [3.05, 3.63) is 83.0 Å². The largest absolute Gasteiger partial charge is 0.462 e. The summed E-state index contributed by atoms with van der Waals surface area (Å²) in [5, 5.41) is 28.8. The van der Waals surface area contributed by atoms with Crippen LogP contribution in [0.3, 0.4) is 0 Å². The molecular weight excluding hydrogens is 624 g/mol. The van der Waals surface area contributed by atoms with Crippen LogP contribution in [-0.2, 0) is 33.5 Å². The second kappa shape index (κ2) is 20.3. The molecule has 0 amide bonds. The van der Waals surface area contributed by atoms with Gasteiger partial charge in [-0.1, -0.05) is 83.2 Å². The summed E-state index contributed by atoms with van der Waals surface area (Å²) >= 11 is 0. The van der Waals surface area contributed by atoms with Crippen molar-refractivity contribution in [1.82, 2.24) is 0 Å². The van der Waals surface area contributed by atoms with E-state index < -0.39 is 18.9 Å². The van der Waals surface area contributed by atoms with Gasteiger partial charge in [0.15, 0.2) is 6.29 Å². The van der Waals surface area contributed by atoms with E-state index >= 15 is 0 Å². The van der Waals surface area contributed by atoms with E-state index in [1.807, 2.05) is 0 Å². The van der Waals surface area contributed by atoms with Gasteiger partial charge in [0, 0.05) is 11.5 Å². The molecule has 0 saturated heterocycles. The normalized spacial score (nSPS) is 22.1. The molecule has 0 heterocycles. The fraction of sp³-hybridized carbons (Fsp3) is 0.614. The van der Waals surface area contributed by atoms with Gasteiger partial charge in [0.05, 0.1) is 32.0 Å². The summed E-state index contributed by atoms with van der Waals surface area (Å²) in [5.41, 5.74) is 8.96. The van der Waals surface area contributed by atoms with E-state index in [-0.39, 0.29) is 36.9 Å². The van der Waals surface area contributed by atoms with E-state index in [0.717, 1.165) is 44.4 Å². The van der Waals surface area contributed by atoms with Crippen molar-refractivity contribution in [2.45, 2.75) is 123 Å². The second-order valence-corrected chi connectivity index (χ2v) is 15.0. The zero-order valence-corrected chi connectivity index (χ0v) is 31.1. The molecule has 6 heteroatoms. The van der Waals surface area contributed by atoms with Crippen molar-refractivity contribution >= 4 is 5.97 Å². The lowest BCUT2D eigenvalue weighted by Crippen LogP contribution is -2.33. The van der Waals surface area contributed by atoms with Crippen LogP contribution < -0.4 is 0 Å². The van der Waals surface area contributed by atoms with E-state index in [4.69, 9.17) is 9.47 Å². The summed E-state index contributed by atoms with van der Waals surface area (Å²) in [4.78, 5) is 12.2. The van der Waals surface area contributed by atoms with Gasteiger partial charge in [-0.05, 0) is 134 Å². The molecule has 0 aromatic heterocycles. The molecule has 2 aromatic carbocycles. The van der Waals surface area contributed by atoms with E-state index in [0.29, 0.717) is 17.8 Å². The van der Waals surface area contributed by atoms with E-state index in [2.05, 4.69) is 70.3 Å². The van der Waals surface area contributed by atoms with Crippen LogP contribution in [0, 0.1) is 23.7 Å². The quantitative estimate of drug-likeness (QED) is 0.0449. The highest BCUT2D eigenvalue weighted by Crippen LogP contribution is 2.46. The van der Waals surface area contributed by atoms with Gasteiger partial charge in [-0.15, -0.1) is 0 Å². The van der Waals surface area contributed by atoms with Crippen LogP contribution >= 0.6 is 0 Å². The van der Waals surface area contributed by atoms with Crippen LogP contribution in [0.4, 0.5) is 0 Å². The lowest BCUT2D eigenvalue weighted by molar-refractivity contribution is -0.145. The minimum Gasteiger partial charge on any atom is -0.462 e. The first-order chi connectivity index (χ1) is 24.2. The van der Waals surface area contributed by atoms with Crippen molar-refractivity contribution in [3.8, 4) is 11.1 Å². The van der Waals surface area contributed by atoms with Crippen molar-refractivity contribution in [1.29, 1.82) is 0 Å². The van der Waals surface area contributed by atoms with Gasteiger partial charge in [0.2, 0.25) is 0 Å². The summed E-state index contributed by atoms with van der Waals surface area (Å²) in [6, 6.07) is 14.4. The third kappa shape index (κ3) is 10.9. The minimum absolute atomic E-state index is 0.0214. The predicted molar refractivity (Wildman–Crippen MR) is 203 cm³/mol. The summed E-state index contributed by atoms with van der Waals surface area (Å²) in [7, 11) is 0. The zero-order chi connectivity index (χ0) is 36.0. The number of esters is 1. The summed E-state index contributed by atoms with van der Waals surface area (Å²) in [5.74, 6) is 1.66. The van der Waals surface area contributed by atoms with E-state index in [9.17, 15) is 20.1 Å². The van der Waals surface area contributed by atoms with Crippen LogP contribution in [0.5, 0.6) is 0 Å². The van der Waals surface area contributed by atoms with Crippen molar-refractivity contribution in [2.75, 3.05) is 26.4 Å². The summed E-state index contributed by atoms with van der Waals surface area (Å²) in [6.07, 6.45) is 15.2. The van der Waals surface area contributed by atoms with E-state index in [1.54, 1.807) is 5.56 Å². The highest BCUT2D eigenvalue weighted by Gasteiger charge is 2.35. The number of hydrogen-bond acceptors (Lipinski definition) is 6. The third-order valence-electron chi connectivity index (χ3n) is 11.7. The summed E-state index contributed by atoms with van der Waals surface area (Å²) < 4.78 is 11.1. The molecule has 276 valence electrons. The number of ether oxygens (including phenoxy) is 2. The molecule has 2 aliphatic rings. The molecule has 2 atom stereocenters. The molecule has 50 heavy (non-hydrogen) atoms. The molecule has 2 aromatic rings. The Labute approximate surface area is 302 Å². The zero-order valence-electron chi connectivity index (χ0n) is 31.1. The minimum atomic E-state index is -1.26. The topological polar surface area (TPSA) is 96.2 Å². The molecule has 0 bridgehead atoms. The molecule has 2 unspecified atom stereocenters. The van der Waals surface area contributed by atoms with Gasteiger partial charge in [-0.2, -0.15) is 0 Å². The summed E-state index contributed by atoms with van der Waals surface area (Å²) in [6.45, 7) is 13.6. The van der Waals surface area contributed by atoms with Crippen molar-refractivity contribution in [2.24, 2.45) is 23.7 Å².